The van der Waals surface area contributed by atoms with E-state index < -0.39 is 5.97 Å². The third-order valence-corrected chi connectivity index (χ3v) is 5.32. The van der Waals surface area contributed by atoms with E-state index in [2.05, 4.69) is 15.4 Å². The first-order valence-corrected chi connectivity index (χ1v) is 9.59. The maximum absolute atomic E-state index is 12.5. The van der Waals surface area contributed by atoms with Crippen LogP contribution >= 0.6 is 0 Å². The summed E-state index contributed by atoms with van der Waals surface area (Å²) in [5.74, 6) is 0.125. The molecule has 1 atom stereocenters. The highest BCUT2D eigenvalue weighted by Crippen LogP contribution is 2.37. The number of carbonyl (C=O) groups is 2. The molecule has 0 saturated carbocycles. The number of rotatable bonds is 4. The molecule has 29 heavy (non-hydrogen) atoms. The fourth-order valence-corrected chi connectivity index (χ4v) is 3.90. The number of fused-ring (bicyclic) bond motifs is 3. The molecule has 2 aromatic carbocycles. The van der Waals surface area contributed by atoms with E-state index in [9.17, 15) is 9.59 Å². The molecule has 5 rings (SSSR count). The molecule has 3 aromatic rings. The predicted molar refractivity (Wildman–Crippen MR) is 106 cm³/mol. The second kappa shape index (κ2) is 7.09. The van der Waals surface area contributed by atoms with Gasteiger partial charge in [0.15, 0.2) is 5.76 Å². The summed E-state index contributed by atoms with van der Waals surface area (Å²) >= 11 is 0. The average Bonchev–Trinajstić information content (AvgIpc) is 3.43. The molecule has 1 saturated heterocycles. The van der Waals surface area contributed by atoms with Crippen molar-refractivity contribution >= 4 is 23.3 Å². The highest BCUT2D eigenvalue weighted by molar-refractivity contribution is 6.05. The number of nitrogens with one attached hydrogen (secondary N) is 1. The van der Waals surface area contributed by atoms with Crippen LogP contribution in [-0.4, -0.2) is 29.6 Å². The number of anilines is 2. The zero-order chi connectivity index (χ0) is 19.8. The molecule has 1 aromatic heterocycles. The van der Waals surface area contributed by atoms with Crippen LogP contribution in [0.3, 0.4) is 0 Å². The molecule has 2 aliphatic heterocycles. The van der Waals surface area contributed by atoms with Crippen LogP contribution in [0.15, 0.2) is 59.1 Å². The van der Waals surface area contributed by atoms with Gasteiger partial charge in [0, 0.05) is 18.2 Å². The van der Waals surface area contributed by atoms with Gasteiger partial charge in [0.2, 0.25) is 5.91 Å². The number of ether oxygens (including phenoxy) is 1. The highest BCUT2D eigenvalue weighted by atomic mass is 16.5. The quantitative estimate of drug-likeness (QED) is 0.686. The van der Waals surface area contributed by atoms with Crippen LogP contribution in [0.2, 0.25) is 0 Å². The van der Waals surface area contributed by atoms with Crippen molar-refractivity contribution in [3.63, 3.8) is 0 Å². The molecule has 1 amide bonds. The molecule has 7 heteroatoms. The maximum atomic E-state index is 12.5. The summed E-state index contributed by atoms with van der Waals surface area (Å²) in [5.41, 5.74) is 3.42. The van der Waals surface area contributed by atoms with Crippen molar-refractivity contribution in [1.82, 2.24) is 5.16 Å². The Morgan fingerprint density at radius 2 is 2.07 bits per heavy atom. The lowest BCUT2D eigenvalue weighted by atomic mass is 10.1. The third-order valence-electron chi connectivity index (χ3n) is 5.32. The van der Waals surface area contributed by atoms with Gasteiger partial charge < -0.3 is 19.5 Å². The summed E-state index contributed by atoms with van der Waals surface area (Å²) < 4.78 is 10.7. The minimum Gasteiger partial charge on any atom is -0.455 e. The van der Waals surface area contributed by atoms with Crippen LogP contribution in [-0.2, 0) is 16.1 Å². The molecule has 3 heterocycles. The Morgan fingerprint density at radius 3 is 2.93 bits per heavy atom. The first kappa shape index (κ1) is 17.5. The normalized spacial score (nSPS) is 17.4. The first-order chi connectivity index (χ1) is 14.2. The fraction of sp³-hybridized carbons (Fsp3) is 0.227. The van der Waals surface area contributed by atoms with E-state index >= 15 is 0 Å². The van der Waals surface area contributed by atoms with E-state index in [0.29, 0.717) is 22.7 Å². The minimum absolute atomic E-state index is 0.00676. The molecule has 0 bridgehead atoms. The Hall–Kier alpha value is -3.61. The number of benzene rings is 2. The molecule has 1 N–H and O–H groups in total. The van der Waals surface area contributed by atoms with Crippen molar-refractivity contribution in [2.45, 2.75) is 25.5 Å². The van der Waals surface area contributed by atoms with Gasteiger partial charge in [0.1, 0.15) is 18.3 Å². The standard InChI is InChI=1S/C22H19N3O4/c26-21-19-7-4-10-25(19)18-9-8-15(11-17(18)23-21)22(27)28-13-16-12-20(29-24-16)14-5-2-1-3-6-14/h1-3,5-6,8-9,11-12,19H,4,7,10,13H2,(H,23,26)/t19-/m1/s1. The molecule has 1 fully saturated rings. The van der Waals surface area contributed by atoms with Gasteiger partial charge in [-0.1, -0.05) is 35.5 Å². The minimum atomic E-state index is -0.477. The predicted octanol–water partition coefficient (Wildman–Crippen LogP) is 3.62. The van der Waals surface area contributed by atoms with Crippen LogP contribution in [0.25, 0.3) is 11.3 Å². The lowest BCUT2D eigenvalue weighted by molar-refractivity contribution is -0.117. The van der Waals surface area contributed by atoms with E-state index in [-0.39, 0.29) is 18.6 Å². The maximum Gasteiger partial charge on any atom is 0.338 e. The average molecular weight is 389 g/mol. The molecule has 0 radical (unpaired) electrons. The number of nitrogens with zero attached hydrogens (tertiary/aromatic N) is 2. The monoisotopic (exact) mass is 389 g/mol. The summed E-state index contributed by atoms with van der Waals surface area (Å²) in [6, 6.07) is 16.5. The van der Waals surface area contributed by atoms with Crippen molar-refractivity contribution < 1.29 is 18.8 Å². The zero-order valence-corrected chi connectivity index (χ0v) is 15.6. The van der Waals surface area contributed by atoms with Gasteiger partial charge in [-0.2, -0.15) is 0 Å². The van der Waals surface area contributed by atoms with E-state index in [1.54, 1.807) is 18.2 Å². The first-order valence-electron chi connectivity index (χ1n) is 9.59. The summed E-state index contributed by atoms with van der Waals surface area (Å²) in [5, 5.41) is 6.86. The van der Waals surface area contributed by atoms with Gasteiger partial charge in [-0.15, -0.1) is 0 Å². The van der Waals surface area contributed by atoms with E-state index in [1.807, 2.05) is 36.4 Å². The van der Waals surface area contributed by atoms with Gasteiger partial charge >= 0.3 is 5.97 Å². The smallest absolute Gasteiger partial charge is 0.338 e. The van der Waals surface area contributed by atoms with Crippen LogP contribution in [0.1, 0.15) is 28.9 Å². The Balaban J connectivity index is 1.28. The number of carbonyl (C=O) groups excluding carboxylic acids is 2. The Bertz CT molecular complexity index is 1080. The van der Waals surface area contributed by atoms with Crippen molar-refractivity contribution in [3.8, 4) is 11.3 Å². The number of amides is 1. The largest absolute Gasteiger partial charge is 0.455 e. The lowest BCUT2D eigenvalue weighted by Crippen LogP contribution is -2.43. The topological polar surface area (TPSA) is 84.7 Å². The summed E-state index contributed by atoms with van der Waals surface area (Å²) in [6.45, 7) is 0.859. The van der Waals surface area contributed by atoms with Gasteiger partial charge in [-0.25, -0.2) is 4.79 Å². The Labute approximate surface area is 167 Å². The molecule has 7 nitrogen and oxygen atoms in total. The molecule has 146 valence electrons. The highest BCUT2D eigenvalue weighted by Gasteiger charge is 2.36. The molecule has 0 spiro atoms. The fourth-order valence-electron chi connectivity index (χ4n) is 3.90. The number of hydrogen-bond acceptors (Lipinski definition) is 6. The number of aromatic nitrogens is 1. The number of esters is 1. The second-order valence-corrected chi connectivity index (χ2v) is 7.20. The van der Waals surface area contributed by atoms with Crippen molar-refractivity contribution in [1.29, 1.82) is 0 Å². The van der Waals surface area contributed by atoms with Crippen molar-refractivity contribution in [2.24, 2.45) is 0 Å². The van der Waals surface area contributed by atoms with E-state index in [4.69, 9.17) is 9.26 Å². The van der Waals surface area contributed by atoms with Gasteiger partial charge in [0.25, 0.3) is 0 Å². The molecule has 2 aliphatic rings. The van der Waals surface area contributed by atoms with E-state index in [0.717, 1.165) is 30.6 Å². The van der Waals surface area contributed by atoms with Crippen LogP contribution in [0, 0.1) is 0 Å². The van der Waals surface area contributed by atoms with E-state index in [1.165, 1.54) is 0 Å². The lowest BCUT2D eigenvalue weighted by Gasteiger charge is -2.33. The second-order valence-electron chi connectivity index (χ2n) is 7.20. The molecule has 0 aliphatic carbocycles. The van der Waals surface area contributed by atoms with Gasteiger partial charge in [-0.05, 0) is 31.0 Å². The van der Waals surface area contributed by atoms with Crippen molar-refractivity contribution in [3.05, 3.63) is 65.9 Å². The summed E-state index contributed by atoms with van der Waals surface area (Å²) in [4.78, 5) is 26.8. The number of hydrogen-bond donors (Lipinski definition) is 1. The zero-order valence-electron chi connectivity index (χ0n) is 15.6. The summed E-state index contributed by atoms with van der Waals surface area (Å²) in [7, 11) is 0. The van der Waals surface area contributed by atoms with Gasteiger partial charge in [0.05, 0.1) is 16.9 Å². The van der Waals surface area contributed by atoms with Crippen molar-refractivity contribution in [2.75, 3.05) is 16.8 Å². The molecule has 0 unspecified atom stereocenters. The van der Waals surface area contributed by atoms with Crippen LogP contribution < -0.4 is 10.2 Å². The Morgan fingerprint density at radius 1 is 1.21 bits per heavy atom. The summed E-state index contributed by atoms with van der Waals surface area (Å²) in [6.07, 6.45) is 1.85. The van der Waals surface area contributed by atoms with Crippen LogP contribution in [0.4, 0.5) is 11.4 Å². The molecular weight excluding hydrogens is 370 g/mol. The third kappa shape index (κ3) is 3.24. The van der Waals surface area contributed by atoms with Gasteiger partial charge in [-0.3, -0.25) is 4.79 Å². The Kier molecular flexibility index (Phi) is 4.27. The molecular formula is C22H19N3O4. The SMILES string of the molecule is O=C(OCc1cc(-c2ccccc2)on1)c1ccc2c(c1)NC(=O)[C@H]1CCCN21. The van der Waals surface area contributed by atoms with Crippen LogP contribution in [0.5, 0.6) is 0 Å².